The minimum atomic E-state index is -1.33. The number of carbonyl (C=O) groups excluding carboxylic acids is 1. The molecule has 164 valence electrons. The molecule has 0 saturated carbocycles. The van der Waals surface area contributed by atoms with Crippen LogP contribution < -0.4 is 5.32 Å². The Morgan fingerprint density at radius 1 is 1.06 bits per heavy atom. The minimum Gasteiger partial charge on any atom is -0.478 e. The molecule has 9 heteroatoms. The molecule has 0 saturated heterocycles. The molecule has 8 nitrogen and oxygen atoms in total. The van der Waals surface area contributed by atoms with Crippen LogP contribution in [-0.4, -0.2) is 33.8 Å². The Labute approximate surface area is 178 Å². The van der Waals surface area contributed by atoms with E-state index < -0.39 is 35.0 Å². The first-order valence-electron chi connectivity index (χ1n) is 9.06. The topological polar surface area (TPSA) is 137 Å². The van der Waals surface area contributed by atoms with E-state index in [2.05, 4.69) is 5.32 Å². The van der Waals surface area contributed by atoms with E-state index in [-0.39, 0.29) is 12.1 Å². The summed E-state index contributed by atoms with van der Waals surface area (Å²) in [5, 5.41) is 28.3. The molecule has 0 bridgehead atoms. The van der Waals surface area contributed by atoms with Gasteiger partial charge in [0.1, 0.15) is 11.4 Å². The second-order valence-corrected chi connectivity index (χ2v) is 7.42. The Morgan fingerprint density at radius 3 is 2.10 bits per heavy atom. The van der Waals surface area contributed by atoms with E-state index in [1.807, 2.05) is 6.07 Å². The summed E-state index contributed by atoms with van der Waals surface area (Å²) in [6.07, 6.45) is -0.616. The number of carbonyl (C=O) groups is 3. The largest absolute Gasteiger partial charge is 0.478 e. The lowest BCUT2D eigenvalue weighted by Crippen LogP contribution is -2.32. The molecule has 31 heavy (non-hydrogen) atoms. The van der Waals surface area contributed by atoms with Gasteiger partial charge in [0, 0.05) is 6.54 Å². The summed E-state index contributed by atoms with van der Waals surface area (Å²) in [6.45, 7) is 6.92. The Morgan fingerprint density at radius 2 is 1.65 bits per heavy atom. The number of nitrogens with one attached hydrogen (secondary N) is 1. The maximum Gasteiger partial charge on any atom is 0.407 e. The number of benzene rings is 2. The molecule has 1 amide bonds. The fourth-order valence-corrected chi connectivity index (χ4v) is 2.30. The quantitative estimate of drug-likeness (QED) is 0.664. The SMILES string of the molecule is CC(C)(C)OC(=O)NCc1ccc(C(=O)O)c(F)c1.Cc1cc(C#N)ccc1C(=O)O. The van der Waals surface area contributed by atoms with Gasteiger partial charge in [0.2, 0.25) is 0 Å². The highest BCUT2D eigenvalue weighted by molar-refractivity contribution is 5.89. The van der Waals surface area contributed by atoms with Gasteiger partial charge >= 0.3 is 18.0 Å². The van der Waals surface area contributed by atoms with Crippen LogP contribution in [0.1, 0.15) is 58.2 Å². The molecule has 2 rings (SSSR count). The van der Waals surface area contributed by atoms with Gasteiger partial charge in [-0.15, -0.1) is 0 Å². The van der Waals surface area contributed by atoms with Gasteiger partial charge < -0.3 is 20.3 Å². The molecule has 0 fully saturated rings. The summed E-state index contributed by atoms with van der Waals surface area (Å²) in [4.78, 5) is 32.5. The van der Waals surface area contributed by atoms with Crippen LogP contribution >= 0.6 is 0 Å². The van der Waals surface area contributed by atoms with Crippen molar-refractivity contribution in [2.45, 2.75) is 39.8 Å². The molecule has 2 aromatic rings. The van der Waals surface area contributed by atoms with E-state index >= 15 is 0 Å². The Balaban J connectivity index is 0.000000343. The number of alkyl carbamates (subject to hydrolysis) is 1. The number of aryl methyl sites for hydroxylation is 1. The van der Waals surface area contributed by atoms with Crippen molar-refractivity contribution in [3.63, 3.8) is 0 Å². The van der Waals surface area contributed by atoms with Crippen LogP contribution in [0.2, 0.25) is 0 Å². The number of rotatable bonds is 4. The van der Waals surface area contributed by atoms with Crippen LogP contribution in [0.3, 0.4) is 0 Å². The first-order valence-corrected chi connectivity index (χ1v) is 9.06. The van der Waals surface area contributed by atoms with Gasteiger partial charge in [0.15, 0.2) is 0 Å². The Kier molecular flexibility index (Phi) is 8.69. The van der Waals surface area contributed by atoms with Gasteiger partial charge in [-0.05, 0) is 69.2 Å². The zero-order valence-corrected chi connectivity index (χ0v) is 17.5. The molecule has 0 aliphatic rings. The fourth-order valence-electron chi connectivity index (χ4n) is 2.30. The number of amides is 1. The lowest BCUT2D eigenvalue weighted by Gasteiger charge is -2.19. The molecule has 0 spiro atoms. The first kappa shape index (κ1) is 25.1. The van der Waals surface area contributed by atoms with Crippen molar-refractivity contribution < 1.29 is 33.7 Å². The molecule has 0 aromatic heterocycles. The number of carboxylic acids is 2. The number of hydrogen-bond donors (Lipinski definition) is 3. The van der Waals surface area contributed by atoms with Gasteiger partial charge in [0.05, 0.1) is 22.8 Å². The molecule has 3 N–H and O–H groups in total. The number of hydrogen-bond acceptors (Lipinski definition) is 5. The third kappa shape index (κ3) is 8.53. The molecule has 0 heterocycles. The Bertz CT molecular complexity index is 1020. The predicted molar refractivity (Wildman–Crippen MR) is 109 cm³/mol. The maximum atomic E-state index is 13.4. The van der Waals surface area contributed by atoms with Crippen molar-refractivity contribution in [1.82, 2.24) is 5.32 Å². The van der Waals surface area contributed by atoms with Crippen molar-refractivity contribution in [1.29, 1.82) is 5.26 Å². The van der Waals surface area contributed by atoms with Crippen LogP contribution in [0.15, 0.2) is 36.4 Å². The molecular weight excluding hydrogens is 407 g/mol. The Hall–Kier alpha value is -3.93. The normalized spacial score (nSPS) is 10.2. The molecule has 0 aliphatic carbocycles. The van der Waals surface area contributed by atoms with E-state index in [0.29, 0.717) is 16.7 Å². The summed E-state index contributed by atoms with van der Waals surface area (Å²) in [6, 6.07) is 10.1. The predicted octanol–water partition coefficient (Wildman–Crippen LogP) is 4.11. The van der Waals surface area contributed by atoms with E-state index in [0.717, 1.165) is 12.1 Å². The first-order chi connectivity index (χ1) is 14.3. The second-order valence-electron chi connectivity index (χ2n) is 7.42. The molecule has 0 atom stereocenters. The van der Waals surface area contributed by atoms with Gasteiger partial charge in [-0.25, -0.2) is 18.8 Å². The summed E-state index contributed by atoms with van der Waals surface area (Å²) < 4.78 is 18.4. The van der Waals surface area contributed by atoms with Gasteiger partial charge in [-0.3, -0.25) is 0 Å². The monoisotopic (exact) mass is 430 g/mol. The van der Waals surface area contributed by atoms with Crippen LogP contribution in [0.25, 0.3) is 0 Å². The third-order valence-electron chi connectivity index (χ3n) is 3.69. The van der Waals surface area contributed by atoms with Crippen molar-refractivity contribution in [2.24, 2.45) is 0 Å². The van der Waals surface area contributed by atoms with Crippen molar-refractivity contribution in [2.75, 3.05) is 0 Å². The lowest BCUT2D eigenvalue weighted by molar-refractivity contribution is 0.0522. The summed E-state index contributed by atoms with van der Waals surface area (Å²) in [5.41, 5.74) is 0.783. The summed E-state index contributed by atoms with van der Waals surface area (Å²) in [7, 11) is 0. The minimum absolute atomic E-state index is 0.0612. The summed E-state index contributed by atoms with van der Waals surface area (Å²) >= 11 is 0. The number of ether oxygens (including phenoxy) is 1. The third-order valence-corrected chi connectivity index (χ3v) is 3.69. The average molecular weight is 430 g/mol. The zero-order valence-electron chi connectivity index (χ0n) is 17.5. The van der Waals surface area contributed by atoms with E-state index in [4.69, 9.17) is 20.2 Å². The van der Waals surface area contributed by atoms with Gasteiger partial charge in [-0.2, -0.15) is 5.26 Å². The maximum absolute atomic E-state index is 13.4. The van der Waals surface area contributed by atoms with Crippen LogP contribution in [-0.2, 0) is 11.3 Å². The van der Waals surface area contributed by atoms with Crippen LogP contribution in [0.4, 0.5) is 9.18 Å². The van der Waals surface area contributed by atoms with Crippen molar-refractivity contribution in [3.8, 4) is 6.07 Å². The zero-order chi connectivity index (χ0) is 23.8. The van der Waals surface area contributed by atoms with E-state index in [1.165, 1.54) is 18.2 Å². The van der Waals surface area contributed by atoms with Gasteiger partial charge in [-0.1, -0.05) is 6.07 Å². The fraction of sp³-hybridized carbons (Fsp3) is 0.273. The lowest BCUT2D eigenvalue weighted by atomic mass is 10.1. The van der Waals surface area contributed by atoms with Crippen molar-refractivity contribution in [3.05, 3.63) is 70.0 Å². The van der Waals surface area contributed by atoms with Gasteiger partial charge in [0.25, 0.3) is 0 Å². The summed E-state index contributed by atoms with van der Waals surface area (Å²) in [5.74, 6) is -3.13. The highest BCUT2D eigenvalue weighted by Gasteiger charge is 2.16. The number of halogens is 1. The van der Waals surface area contributed by atoms with Crippen LogP contribution in [0, 0.1) is 24.1 Å². The van der Waals surface area contributed by atoms with Crippen LogP contribution in [0.5, 0.6) is 0 Å². The number of aromatic carboxylic acids is 2. The molecule has 0 aliphatic heterocycles. The highest BCUT2D eigenvalue weighted by Crippen LogP contribution is 2.12. The molecule has 2 aromatic carbocycles. The number of carboxylic acid groups (broad SMARTS) is 2. The highest BCUT2D eigenvalue weighted by atomic mass is 19.1. The standard InChI is InChI=1S/C13H16FNO4.C9H7NO2/c1-13(2,3)19-12(18)15-7-8-4-5-9(11(16)17)10(14)6-8;1-6-4-7(5-10)2-3-8(6)9(11)12/h4-6H,7H2,1-3H3,(H,15,18)(H,16,17);2-4H,1H3,(H,11,12). The molecule has 0 radical (unpaired) electrons. The van der Waals surface area contributed by atoms with E-state index in [1.54, 1.807) is 33.8 Å². The number of nitriles is 1. The smallest absolute Gasteiger partial charge is 0.407 e. The van der Waals surface area contributed by atoms with E-state index in [9.17, 15) is 18.8 Å². The van der Waals surface area contributed by atoms with Crippen molar-refractivity contribution >= 4 is 18.0 Å². The average Bonchev–Trinajstić information content (AvgIpc) is 2.65. The number of nitrogens with zero attached hydrogens (tertiary/aromatic N) is 1. The molecule has 0 unspecified atom stereocenters. The molecular formula is C22H23FN2O6. The second kappa shape index (κ2) is 10.7.